The summed E-state index contributed by atoms with van der Waals surface area (Å²) in [6.07, 6.45) is 2.89. The fourth-order valence-corrected chi connectivity index (χ4v) is 1.67. The zero-order chi connectivity index (χ0) is 16.7. The summed E-state index contributed by atoms with van der Waals surface area (Å²) in [7, 11) is 0. The van der Waals surface area contributed by atoms with Crippen LogP contribution in [0.4, 0.5) is 4.79 Å². The third-order valence-corrected chi connectivity index (χ3v) is 2.48. The van der Waals surface area contributed by atoms with Crippen LogP contribution in [0.3, 0.4) is 0 Å². The highest BCUT2D eigenvalue weighted by molar-refractivity contribution is 5.81. The fourth-order valence-electron chi connectivity index (χ4n) is 1.67. The largest absolute Gasteiger partial charge is 0.458 e. The zero-order valence-electron chi connectivity index (χ0n) is 14.5. The van der Waals surface area contributed by atoms with E-state index in [1.165, 1.54) is 0 Å². The number of carbonyl (C=O) groups excluding carboxylic acids is 2. The molecular weight excluding hydrogens is 270 g/mol. The normalized spacial score (nSPS) is 13.5. The number of amides is 1. The number of alkyl carbamates (subject to hydrolysis) is 1. The molecule has 0 aromatic heterocycles. The Bertz CT molecular complexity index is 339. The van der Waals surface area contributed by atoms with Gasteiger partial charge >= 0.3 is 12.1 Å². The second-order valence-corrected chi connectivity index (χ2v) is 7.23. The summed E-state index contributed by atoms with van der Waals surface area (Å²) in [6, 6.07) is -0.661. The Morgan fingerprint density at radius 2 is 1.48 bits per heavy atom. The average molecular weight is 301 g/mol. The summed E-state index contributed by atoms with van der Waals surface area (Å²) >= 11 is 0. The number of hydrogen-bond donors (Lipinski definition) is 1. The Morgan fingerprint density at radius 3 is 1.90 bits per heavy atom. The standard InChI is InChI=1S/C16H31NO4/c1-8-9-10-11-12(13(18)20-15(2,3)4)17-14(19)21-16(5,6)7/h12H,8-11H2,1-7H3,(H,17,19)/t12-/m0/s1. The van der Waals surface area contributed by atoms with E-state index in [-0.39, 0.29) is 0 Å². The molecule has 1 amide bonds. The Hall–Kier alpha value is -1.26. The number of unbranched alkanes of at least 4 members (excludes halogenated alkanes) is 2. The lowest BCUT2D eigenvalue weighted by Crippen LogP contribution is -2.46. The summed E-state index contributed by atoms with van der Waals surface area (Å²) in [5.41, 5.74) is -1.16. The van der Waals surface area contributed by atoms with Crippen LogP contribution < -0.4 is 5.32 Å². The van der Waals surface area contributed by atoms with Crippen LogP contribution in [-0.2, 0) is 14.3 Å². The van der Waals surface area contributed by atoms with Gasteiger partial charge in [0.05, 0.1) is 0 Å². The molecule has 0 saturated carbocycles. The first kappa shape index (κ1) is 19.7. The van der Waals surface area contributed by atoms with E-state index in [1.807, 2.05) is 20.8 Å². The van der Waals surface area contributed by atoms with Crippen LogP contribution in [0, 0.1) is 0 Å². The minimum absolute atomic E-state index is 0.413. The van der Waals surface area contributed by atoms with Gasteiger partial charge in [-0.3, -0.25) is 0 Å². The minimum Gasteiger partial charge on any atom is -0.458 e. The van der Waals surface area contributed by atoms with E-state index < -0.39 is 29.3 Å². The van der Waals surface area contributed by atoms with Gasteiger partial charge in [0.15, 0.2) is 0 Å². The highest BCUT2D eigenvalue weighted by atomic mass is 16.6. The van der Waals surface area contributed by atoms with Crippen molar-refractivity contribution in [3.63, 3.8) is 0 Å². The van der Waals surface area contributed by atoms with Crippen molar-refractivity contribution >= 4 is 12.1 Å². The quantitative estimate of drug-likeness (QED) is 0.598. The maximum Gasteiger partial charge on any atom is 0.408 e. The number of carbonyl (C=O) groups is 2. The lowest BCUT2D eigenvalue weighted by atomic mass is 10.1. The predicted molar refractivity (Wildman–Crippen MR) is 83.1 cm³/mol. The molecule has 0 rings (SSSR count). The van der Waals surface area contributed by atoms with Gasteiger partial charge < -0.3 is 14.8 Å². The van der Waals surface area contributed by atoms with E-state index in [1.54, 1.807) is 20.8 Å². The molecule has 0 aromatic carbocycles. The van der Waals surface area contributed by atoms with E-state index in [4.69, 9.17) is 9.47 Å². The molecule has 0 bridgehead atoms. The third-order valence-electron chi connectivity index (χ3n) is 2.48. The maximum atomic E-state index is 12.2. The van der Waals surface area contributed by atoms with Crippen molar-refractivity contribution in [3.8, 4) is 0 Å². The molecule has 0 spiro atoms. The molecule has 124 valence electrons. The molecule has 0 aliphatic rings. The molecule has 21 heavy (non-hydrogen) atoms. The van der Waals surface area contributed by atoms with Gasteiger partial charge in [0, 0.05) is 0 Å². The van der Waals surface area contributed by atoms with Crippen molar-refractivity contribution in [1.29, 1.82) is 0 Å². The number of ether oxygens (including phenoxy) is 2. The summed E-state index contributed by atoms with van der Waals surface area (Å²) in [4.78, 5) is 24.0. The molecule has 5 heteroatoms. The average Bonchev–Trinajstić information content (AvgIpc) is 2.22. The smallest absolute Gasteiger partial charge is 0.408 e. The molecule has 0 aromatic rings. The SMILES string of the molecule is CCCCC[C@H](NC(=O)OC(C)(C)C)C(=O)OC(C)(C)C. The van der Waals surface area contributed by atoms with Gasteiger partial charge in [-0.2, -0.15) is 0 Å². The predicted octanol–water partition coefficient (Wildman–Crippen LogP) is 3.80. The van der Waals surface area contributed by atoms with E-state index in [2.05, 4.69) is 12.2 Å². The molecule has 0 fully saturated rings. The monoisotopic (exact) mass is 301 g/mol. The molecule has 0 aliphatic heterocycles. The van der Waals surface area contributed by atoms with Crippen LogP contribution >= 0.6 is 0 Å². The first-order valence-electron chi connectivity index (χ1n) is 7.67. The van der Waals surface area contributed by atoms with E-state index in [0.717, 1.165) is 19.3 Å². The van der Waals surface area contributed by atoms with Gasteiger partial charge in [0.1, 0.15) is 17.2 Å². The highest BCUT2D eigenvalue weighted by Crippen LogP contribution is 2.13. The third kappa shape index (κ3) is 11.1. The lowest BCUT2D eigenvalue weighted by molar-refractivity contribution is -0.157. The molecule has 1 N–H and O–H groups in total. The summed E-state index contributed by atoms with van der Waals surface area (Å²) in [6.45, 7) is 12.9. The van der Waals surface area contributed by atoms with Gasteiger partial charge in [0.25, 0.3) is 0 Å². The fraction of sp³-hybridized carbons (Fsp3) is 0.875. The van der Waals surface area contributed by atoms with E-state index >= 15 is 0 Å². The Balaban J connectivity index is 4.65. The minimum atomic E-state index is -0.661. The van der Waals surface area contributed by atoms with Gasteiger partial charge in [-0.05, 0) is 48.0 Å². The number of rotatable bonds is 6. The topological polar surface area (TPSA) is 64.6 Å². The van der Waals surface area contributed by atoms with Crippen LogP contribution in [0.1, 0.15) is 74.1 Å². The van der Waals surface area contributed by atoms with Crippen LogP contribution in [0.15, 0.2) is 0 Å². The van der Waals surface area contributed by atoms with Crippen molar-refractivity contribution in [2.75, 3.05) is 0 Å². The summed E-state index contributed by atoms with van der Waals surface area (Å²) in [5.74, 6) is -0.413. The Morgan fingerprint density at radius 1 is 0.952 bits per heavy atom. The van der Waals surface area contributed by atoms with E-state index in [0.29, 0.717) is 6.42 Å². The van der Waals surface area contributed by atoms with Crippen LogP contribution in [0.5, 0.6) is 0 Å². The maximum absolute atomic E-state index is 12.2. The number of hydrogen-bond acceptors (Lipinski definition) is 4. The number of esters is 1. The van der Waals surface area contributed by atoms with Gasteiger partial charge in [-0.1, -0.05) is 26.2 Å². The van der Waals surface area contributed by atoms with Gasteiger partial charge in [-0.25, -0.2) is 9.59 Å². The Labute approximate surface area is 128 Å². The lowest BCUT2D eigenvalue weighted by Gasteiger charge is -2.26. The molecule has 0 heterocycles. The van der Waals surface area contributed by atoms with Crippen molar-refractivity contribution in [3.05, 3.63) is 0 Å². The van der Waals surface area contributed by atoms with E-state index in [9.17, 15) is 9.59 Å². The van der Waals surface area contributed by atoms with Crippen LogP contribution in [-0.4, -0.2) is 29.3 Å². The summed E-state index contributed by atoms with van der Waals surface area (Å²) < 4.78 is 10.5. The molecule has 5 nitrogen and oxygen atoms in total. The molecule has 0 aliphatic carbocycles. The van der Waals surface area contributed by atoms with Crippen LogP contribution in [0.25, 0.3) is 0 Å². The molecule has 0 saturated heterocycles. The second kappa shape index (κ2) is 8.25. The molecule has 0 radical (unpaired) electrons. The second-order valence-electron chi connectivity index (χ2n) is 7.23. The highest BCUT2D eigenvalue weighted by Gasteiger charge is 2.28. The van der Waals surface area contributed by atoms with Crippen molar-refractivity contribution in [2.45, 2.75) is 91.4 Å². The number of nitrogens with one attached hydrogen (secondary N) is 1. The first-order valence-corrected chi connectivity index (χ1v) is 7.67. The van der Waals surface area contributed by atoms with Crippen molar-refractivity contribution < 1.29 is 19.1 Å². The van der Waals surface area contributed by atoms with Crippen LogP contribution in [0.2, 0.25) is 0 Å². The Kier molecular flexibility index (Phi) is 7.75. The molecular formula is C16H31NO4. The zero-order valence-corrected chi connectivity index (χ0v) is 14.5. The molecule has 0 unspecified atom stereocenters. The first-order chi connectivity index (χ1) is 9.44. The molecule has 1 atom stereocenters. The van der Waals surface area contributed by atoms with Gasteiger partial charge in [-0.15, -0.1) is 0 Å². The van der Waals surface area contributed by atoms with Crippen molar-refractivity contribution in [1.82, 2.24) is 5.32 Å². The summed E-state index contributed by atoms with van der Waals surface area (Å²) in [5, 5.41) is 2.62. The van der Waals surface area contributed by atoms with Crippen molar-refractivity contribution in [2.24, 2.45) is 0 Å². The van der Waals surface area contributed by atoms with Gasteiger partial charge in [0.2, 0.25) is 0 Å².